The highest BCUT2D eigenvalue weighted by Gasteiger charge is 2.43. The Morgan fingerprint density at radius 1 is 0.889 bits per heavy atom. The fraction of sp³-hybridized carbons (Fsp3) is 0.767. The normalized spacial score (nSPS) is 19.5. The summed E-state index contributed by atoms with van der Waals surface area (Å²) >= 11 is 0. The molecule has 4 amide bonds. The Hall–Kier alpha value is -3.02. The van der Waals surface area contributed by atoms with Crippen molar-refractivity contribution in [2.45, 2.75) is 156 Å². The number of carbonyl (C=O) groups excluding carboxylic acids is 4. The SMILES string of the molecule is CCC(C)C(C(CC(=O)N1CCCC1C(OC)C(C)C(=O)NC(C)Cc1ccccc1)OC)N(C)C(=O)C(NC(=O)C(C(C)C)N(C)C(C)(C)C)C(C)C. The molecule has 0 saturated carbocycles. The molecule has 2 N–H and O–H groups in total. The minimum atomic E-state index is -0.759. The zero-order chi connectivity index (χ0) is 41.1. The fourth-order valence-electron chi connectivity index (χ4n) is 8.01. The van der Waals surface area contributed by atoms with Crippen molar-refractivity contribution >= 4 is 23.6 Å². The molecule has 0 aromatic heterocycles. The number of hydrogen-bond donors (Lipinski definition) is 2. The van der Waals surface area contributed by atoms with E-state index in [4.69, 9.17) is 9.47 Å². The highest BCUT2D eigenvalue weighted by Crippen LogP contribution is 2.30. The Morgan fingerprint density at radius 3 is 2.00 bits per heavy atom. The number of amides is 4. The van der Waals surface area contributed by atoms with Gasteiger partial charge >= 0.3 is 0 Å². The Balaban J connectivity index is 2.26. The molecule has 11 heteroatoms. The lowest BCUT2D eigenvalue weighted by atomic mass is 9.89. The van der Waals surface area contributed by atoms with Crippen molar-refractivity contribution in [1.82, 2.24) is 25.3 Å². The number of likely N-dealkylation sites (tertiary alicyclic amines) is 1. The summed E-state index contributed by atoms with van der Waals surface area (Å²) in [5, 5.41) is 6.27. The number of nitrogens with zero attached hydrogens (tertiary/aromatic N) is 3. The van der Waals surface area contributed by atoms with E-state index in [1.165, 1.54) is 0 Å². The van der Waals surface area contributed by atoms with Crippen LogP contribution >= 0.6 is 0 Å². The molecule has 9 unspecified atom stereocenters. The van der Waals surface area contributed by atoms with Gasteiger partial charge in [-0.3, -0.25) is 24.1 Å². The molecule has 1 fully saturated rings. The molecular weight excluding hydrogens is 683 g/mol. The summed E-state index contributed by atoms with van der Waals surface area (Å²) in [7, 11) is 6.90. The monoisotopic (exact) mass is 758 g/mol. The molecule has 0 spiro atoms. The van der Waals surface area contributed by atoms with E-state index in [0.717, 1.165) is 31.2 Å². The molecule has 9 atom stereocenters. The highest BCUT2D eigenvalue weighted by molar-refractivity contribution is 5.90. The number of benzene rings is 1. The zero-order valence-corrected chi connectivity index (χ0v) is 36.3. The molecule has 1 aliphatic heterocycles. The van der Waals surface area contributed by atoms with Gasteiger partial charge in [0.05, 0.1) is 42.7 Å². The van der Waals surface area contributed by atoms with Crippen molar-refractivity contribution in [3.05, 3.63) is 35.9 Å². The van der Waals surface area contributed by atoms with E-state index < -0.39 is 36.3 Å². The summed E-state index contributed by atoms with van der Waals surface area (Å²) < 4.78 is 12.0. The lowest BCUT2D eigenvalue weighted by Crippen LogP contribution is -2.61. The maximum absolute atomic E-state index is 14.4. The summed E-state index contributed by atoms with van der Waals surface area (Å²) in [6, 6.07) is 8.12. The largest absolute Gasteiger partial charge is 0.379 e. The third-order valence-electron chi connectivity index (χ3n) is 11.6. The van der Waals surface area contributed by atoms with Crippen LogP contribution in [0.4, 0.5) is 0 Å². The van der Waals surface area contributed by atoms with Crippen molar-refractivity contribution in [2.24, 2.45) is 23.7 Å². The van der Waals surface area contributed by atoms with E-state index in [2.05, 4.69) is 62.3 Å². The number of rotatable bonds is 20. The molecule has 0 bridgehead atoms. The minimum Gasteiger partial charge on any atom is -0.379 e. The highest BCUT2D eigenvalue weighted by atomic mass is 16.5. The number of hydrogen-bond acceptors (Lipinski definition) is 7. The van der Waals surface area contributed by atoms with Gasteiger partial charge in [-0.1, -0.05) is 85.2 Å². The molecule has 2 rings (SSSR count). The van der Waals surface area contributed by atoms with Crippen LogP contribution in [0.25, 0.3) is 0 Å². The van der Waals surface area contributed by atoms with E-state index in [-0.39, 0.29) is 65.4 Å². The predicted molar refractivity (Wildman–Crippen MR) is 217 cm³/mol. The number of carbonyl (C=O) groups is 4. The van der Waals surface area contributed by atoms with Gasteiger partial charge < -0.3 is 29.9 Å². The van der Waals surface area contributed by atoms with E-state index in [1.54, 1.807) is 26.2 Å². The second kappa shape index (κ2) is 21.3. The molecule has 54 heavy (non-hydrogen) atoms. The predicted octanol–water partition coefficient (Wildman–Crippen LogP) is 5.55. The molecule has 1 aliphatic rings. The van der Waals surface area contributed by atoms with Gasteiger partial charge in [0.25, 0.3) is 0 Å². The molecular formula is C43H75N5O6. The average Bonchev–Trinajstić information content (AvgIpc) is 3.59. The zero-order valence-electron chi connectivity index (χ0n) is 36.3. The average molecular weight is 758 g/mol. The van der Waals surface area contributed by atoms with Gasteiger partial charge in [0.1, 0.15) is 6.04 Å². The van der Waals surface area contributed by atoms with Crippen LogP contribution in [-0.4, -0.2) is 121 Å². The van der Waals surface area contributed by atoms with Crippen LogP contribution in [0.1, 0.15) is 107 Å². The number of ether oxygens (including phenoxy) is 2. The van der Waals surface area contributed by atoms with Crippen LogP contribution in [0.5, 0.6) is 0 Å². The standard InChI is InChI=1S/C43H75N5O6/c1-16-29(6)38(46(12)42(52)36(27(2)3)45-41(51)37(28(4)5)47(13)43(9,10)11)34(53-14)26-35(49)48-24-20-23-33(48)39(54-15)31(8)40(50)44-30(7)25-32-21-18-17-19-22-32/h17-19,21-22,27-31,33-34,36-39H,16,20,23-26H2,1-15H3,(H,44,50)(H,45,51). The maximum atomic E-state index is 14.4. The van der Waals surface area contributed by atoms with Crippen molar-refractivity contribution in [1.29, 1.82) is 0 Å². The van der Waals surface area contributed by atoms with Crippen LogP contribution in [0.2, 0.25) is 0 Å². The first-order chi connectivity index (χ1) is 25.2. The fourth-order valence-corrected chi connectivity index (χ4v) is 8.01. The molecule has 1 heterocycles. The number of methoxy groups -OCH3 is 2. The summed E-state index contributed by atoms with van der Waals surface area (Å²) in [6.45, 7) is 22.7. The smallest absolute Gasteiger partial charge is 0.245 e. The van der Waals surface area contributed by atoms with Crippen LogP contribution in [-0.2, 0) is 35.1 Å². The third-order valence-corrected chi connectivity index (χ3v) is 11.6. The second-order valence-corrected chi connectivity index (χ2v) is 17.4. The number of likely N-dealkylation sites (N-methyl/N-ethyl adjacent to an activating group) is 2. The summed E-state index contributed by atoms with van der Waals surface area (Å²) in [6.07, 6.45) is 1.99. The number of nitrogens with one attached hydrogen (secondary N) is 2. The van der Waals surface area contributed by atoms with E-state index >= 15 is 0 Å². The first-order valence-corrected chi connectivity index (χ1v) is 20.2. The Labute approximate surface area is 327 Å². The molecule has 308 valence electrons. The van der Waals surface area contributed by atoms with Gasteiger partial charge in [0, 0.05) is 39.4 Å². The van der Waals surface area contributed by atoms with Crippen LogP contribution < -0.4 is 10.6 Å². The summed E-state index contributed by atoms with van der Waals surface area (Å²) in [5.41, 5.74) is 0.904. The van der Waals surface area contributed by atoms with Gasteiger partial charge in [0.15, 0.2) is 0 Å². The molecule has 1 aromatic rings. The van der Waals surface area contributed by atoms with E-state index in [0.29, 0.717) is 6.54 Å². The first kappa shape index (κ1) is 47.1. The van der Waals surface area contributed by atoms with E-state index in [9.17, 15) is 19.2 Å². The van der Waals surface area contributed by atoms with Crippen LogP contribution in [0.3, 0.4) is 0 Å². The van der Waals surface area contributed by atoms with Crippen molar-refractivity contribution < 1.29 is 28.7 Å². The first-order valence-electron chi connectivity index (χ1n) is 20.2. The van der Waals surface area contributed by atoms with Crippen molar-refractivity contribution in [3.8, 4) is 0 Å². The third kappa shape index (κ3) is 12.5. The molecule has 1 aromatic carbocycles. The molecule has 0 aliphatic carbocycles. The van der Waals surface area contributed by atoms with Gasteiger partial charge in [-0.05, 0) is 77.3 Å². The van der Waals surface area contributed by atoms with E-state index in [1.807, 2.05) is 71.7 Å². The maximum Gasteiger partial charge on any atom is 0.245 e. The lowest BCUT2D eigenvalue weighted by molar-refractivity contribution is -0.148. The minimum absolute atomic E-state index is 0.00153. The van der Waals surface area contributed by atoms with Crippen LogP contribution in [0, 0.1) is 23.7 Å². The van der Waals surface area contributed by atoms with Gasteiger partial charge in [-0.2, -0.15) is 0 Å². The summed E-state index contributed by atoms with van der Waals surface area (Å²) in [5.74, 6) is -1.21. The molecule has 11 nitrogen and oxygen atoms in total. The van der Waals surface area contributed by atoms with Crippen LogP contribution in [0.15, 0.2) is 30.3 Å². The van der Waals surface area contributed by atoms with Crippen molar-refractivity contribution in [2.75, 3.05) is 34.9 Å². The van der Waals surface area contributed by atoms with Crippen molar-refractivity contribution in [3.63, 3.8) is 0 Å². The second-order valence-electron chi connectivity index (χ2n) is 17.4. The Bertz CT molecular complexity index is 1330. The van der Waals surface area contributed by atoms with Gasteiger partial charge in [-0.25, -0.2) is 0 Å². The van der Waals surface area contributed by atoms with Gasteiger partial charge in [0.2, 0.25) is 23.6 Å². The quantitative estimate of drug-likeness (QED) is 0.179. The lowest BCUT2D eigenvalue weighted by Gasteiger charge is -2.42. The molecule has 0 radical (unpaired) electrons. The Kier molecular flexibility index (Phi) is 18.6. The van der Waals surface area contributed by atoms with Gasteiger partial charge in [-0.15, -0.1) is 0 Å². The Morgan fingerprint density at radius 2 is 1.50 bits per heavy atom. The topological polar surface area (TPSA) is 121 Å². The summed E-state index contributed by atoms with van der Waals surface area (Å²) in [4.78, 5) is 61.5. The molecule has 1 saturated heterocycles.